The van der Waals surface area contributed by atoms with E-state index in [0.717, 1.165) is 22.3 Å². The van der Waals surface area contributed by atoms with Crippen molar-refractivity contribution in [2.24, 2.45) is 5.73 Å². The van der Waals surface area contributed by atoms with Crippen LogP contribution in [-0.4, -0.2) is 45.9 Å². The number of benzene rings is 3. The number of carbonyl (C=O) groups excluding carboxylic acids is 2. The summed E-state index contributed by atoms with van der Waals surface area (Å²) in [4.78, 5) is 37.0. The molecule has 1 atom stereocenters. The van der Waals surface area contributed by atoms with Crippen molar-refractivity contribution in [3.05, 3.63) is 119 Å². The van der Waals surface area contributed by atoms with Crippen molar-refractivity contribution in [2.45, 2.75) is 32.1 Å². The summed E-state index contributed by atoms with van der Waals surface area (Å²) in [6.07, 6.45) is -2.58. The topological polar surface area (TPSA) is 161 Å². The summed E-state index contributed by atoms with van der Waals surface area (Å²) in [5, 5.41) is 20.1. The normalized spacial score (nSPS) is 11.4. The first-order valence-electron chi connectivity index (χ1n) is 13.0. The third kappa shape index (κ3) is 9.88. The molecular weight excluding hydrogens is 563 g/mol. The largest absolute Gasteiger partial charge is 0.490 e. The number of nitrogens with one attached hydrogen (secondary N) is 4. The first-order valence-corrected chi connectivity index (χ1v) is 13.0. The highest BCUT2D eigenvalue weighted by atomic mass is 19.4. The van der Waals surface area contributed by atoms with Crippen LogP contribution in [0.3, 0.4) is 0 Å². The predicted molar refractivity (Wildman–Crippen MR) is 155 cm³/mol. The van der Waals surface area contributed by atoms with E-state index in [1.54, 1.807) is 31.2 Å². The molecule has 4 rings (SSSR count). The molecule has 4 aromatic rings. The van der Waals surface area contributed by atoms with Crippen LogP contribution in [0.1, 0.15) is 39.7 Å². The number of alkyl halides is 3. The molecule has 0 aliphatic carbocycles. The van der Waals surface area contributed by atoms with Crippen LogP contribution in [-0.2, 0) is 22.6 Å². The fourth-order valence-corrected chi connectivity index (χ4v) is 3.84. The lowest BCUT2D eigenvalue weighted by Gasteiger charge is -2.14. The second-order valence-corrected chi connectivity index (χ2v) is 9.49. The van der Waals surface area contributed by atoms with Crippen LogP contribution in [0.5, 0.6) is 0 Å². The molecule has 12 heteroatoms. The fraction of sp³-hybridized carbons (Fsp3) is 0.161. The first kappa shape index (κ1) is 32.1. The SMILES string of the molecule is C[C@H](NC(=O)c1cc(Cc2ccc(-c3ccccc3)cc2)c[nH]1)C(=O)NCc1ccc(C(=N)N)cc1.O=C(O)C(F)(F)F. The van der Waals surface area contributed by atoms with E-state index in [9.17, 15) is 22.8 Å². The lowest BCUT2D eigenvalue weighted by Crippen LogP contribution is -2.44. The van der Waals surface area contributed by atoms with Gasteiger partial charge >= 0.3 is 12.1 Å². The third-order valence-corrected chi connectivity index (χ3v) is 6.17. The van der Waals surface area contributed by atoms with Crippen molar-refractivity contribution < 1.29 is 32.7 Å². The van der Waals surface area contributed by atoms with E-state index in [4.69, 9.17) is 21.0 Å². The van der Waals surface area contributed by atoms with Gasteiger partial charge in [0.25, 0.3) is 5.91 Å². The number of rotatable bonds is 9. The number of nitrogens with two attached hydrogens (primary N) is 1. The smallest absolute Gasteiger partial charge is 0.475 e. The zero-order valence-corrected chi connectivity index (χ0v) is 23.0. The molecule has 0 aliphatic heterocycles. The zero-order valence-electron chi connectivity index (χ0n) is 23.0. The van der Waals surface area contributed by atoms with Crippen molar-refractivity contribution in [1.29, 1.82) is 5.41 Å². The van der Waals surface area contributed by atoms with Gasteiger partial charge < -0.3 is 26.5 Å². The molecule has 224 valence electrons. The summed E-state index contributed by atoms with van der Waals surface area (Å²) in [5.74, 6) is -3.39. The van der Waals surface area contributed by atoms with E-state index >= 15 is 0 Å². The minimum absolute atomic E-state index is 0.00430. The number of aromatic amines is 1. The Balaban J connectivity index is 0.000000646. The second kappa shape index (κ2) is 14.5. The molecule has 0 unspecified atom stereocenters. The van der Waals surface area contributed by atoms with Crippen LogP contribution >= 0.6 is 0 Å². The molecule has 2 amide bonds. The maximum absolute atomic E-state index is 12.6. The van der Waals surface area contributed by atoms with E-state index in [1.165, 1.54) is 5.56 Å². The van der Waals surface area contributed by atoms with Crippen molar-refractivity contribution in [3.63, 3.8) is 0 Å². The van der Waals surface area contributed by atoms with Gasteiger partial charge in [0.15, 0.2) is 0 Å². The van der Waals surface area contributed by atoms with Gasteiger partial charge in [0, 0.05) is 18.3 Å². The Morgan fingerprint density at radius 2 is 1.47 bits per heavy atom. The van der Waals surface area contributed by atoms with Gasteiger partial charge in [-0.15, -0.1) is 0 Å². The monoisotopic (exact) mass is 593 g/mol. The highest BCUT2D eigenvalue weighted by Crippen LogP contribution is 2.20. The number of carboxylic acid groups (broad SMARTS) is 1. The van der Waals surface area contributed by atoms with E-state index in [0.29, 0.717) is 24.2 Å². The van der Waals surface area contributed by atoms with Gasteiger partial charge in [-0.05, 0) is 47.2 Å². The van der Waals surface area contributed by atoms with Gasteiger partial charge in [-0.2, -0.15) is 13.2 Å². The van der Waals surface area contributed by atoms with Gasteiger partial charge in [-0.1, -0.05) is 78.9 Å². The van der Waals surface area contributed by atoms with Crippen LogP contribution in [0.15, 0.2) is 91.1 Å². The predicted octanol–water partition coefficient (Wildman–Crippen LogP) is 4.62. The number of aromatic nitrogens is 1. The number of aliphatic carboxylic acids is 1. The second-order valence-electron chi connectivity index (χ2n) is 9.49. The number of carbonyl (C=O) groups is 3. The minimum atomic E-state index is -5.08. The van der Waals surface area contributed by atoms with E-state index in [2.05, 4.69) is 52.0 Å². The van der Waals surface area contributed by atoms with Crippen molar-refractivity contribution in [2.75, 3.05) is 0 Å². The van der Waals surface area contributed by atoms with Gasteiger partial charge in [-0.25, -0.2) is 4.79 Å². The zero-order chi connectivity index (χ0) is 31.6. The van der Waals surface area contributed by atoms with Gasteiger partial charge in [-0.3, -0.25) is 15.0 Å². The van der Waals surface area contributed by atoms with Crippen LogP contribution in [0.25, 0.3) is 11.1 Å². The van der Waals surface area contributed by atoms with Gasteiger partial charge in [0.2, 0.25) is 5.91 Å². The lowest BCUT2D eigenvalue weighted by molar-refractivity contribution is -0.192. The van der Waals surface area contributed by atoms with E-state index < -0.39 is 18.2 Å². The molecule has 9 nitrogen and oxygen atoms in total. The number of amides is 2. The number of hydrogen-bond acceptors (Lipinski definition) is 4. The Morgan fingerprint density at radius 1 is 0.907 bits per heavy atom. The lowest BCUT2D eigenvalue weighted by atomic mass is 10.0. The van der Waals surface area contributed by atoms with Crippen LogP contribution in [0, 0.1) is 5.41 Å². The fourth-order valence-electron chi connectivity index (χ4n) is 3.84. The molecule has 0 saturated carbocycles. The summed E-state index contributed by atoms with van der Waals surface area (Å²) in [6, 6.07) is 26.8. The number of hydrogen-bond donors (Lipinski definition) is 6. The molecule has 0 spiro atoms. The van der Waals surface area contributed by atoms with Gasteiger partial charge in [0.1, 0.15) is 17.6 Å². The van der Waals surface area contributed by atoms with Crippen molar-refractivity contribution in [3.8, 4) is 11.1 Å². The van der Waals surface area contributed by atoms with Gasteiger partial charge in [0.05, 0.1) is 0 Å². The summed E-state index contributed by atoms with van der Waals surface area (Å²) >= 11 is 0. The average molecular weight is 594 g/mol. The maximum atomic E-state index is 12.6. The number of amidine groups is 1. The number of H-pyrrole nitrogens is 1. The van der Waals surface area contributed by atoms with Crippen LogP contribution < -0.4 is 16.4 Å². The average Bonchev–Trinajstić information content (AvgIpc) is 3.45. The standard InChI is InChI=1S/C29H29N5O2.C2HF3O2/c1-19(28(35)33-17-21-9-13-25(14-10-21)27(30)31)34-29(36)26-16-22(18-32-26)15-20-7-11-24(12-8-20)23-5-3-2-4-6-23;3-2(4,5)1(6)7/h2-14,16,18-19,32H,15,17H2,1H3,(H3,30,31)(H,33,35)(H,34,36);(H,6,7)/t19-;/m0./s1. The molecule has 0 radical (unpaired) electrons. The van der Waals surface area contributed by atoms with Crippen LogP contribution in [0.2, 0.25) is 0 Å². The van der Waals surface area contributed by atoms with Crippen LogP contribution in [0.4, 0.5) is 13.2 Å². The number of carboxylic acids is 1. The Morgan fingerprint density at radius 3 is 2.02 bits per heavy atom. The molecule has 0 bridgehead atoms. The number of nitrogen functional groups attached to an aromatic ring is 1. The minimum Gasteiger partial charge on any atom is -0.475 e. The Hall–Kier alpha value is -5.39. The Bertz CT molecular complexity index is 1550. The third-order valence-electron chi connectivity index (χ3n) is 6.17. The summed E-state index contributed by atoms with van der Waals surface area (Å²) in [7, 11) is 0. The molecule has 7 N–H and O–H groups in total. The molecule has 0 saturated heterocycles. The molecule has 0 aliphatic rings. The molecule has 0 fully saturated rings. The first-order chi connectivity index (χ1) is 20.3. The maximum Gasteiger partial charge on any atom is 0.490 e. The van der Waals surface area contributed by atoms with Crippen molar-refractivity contribution >= 4 is 23.6 Å². The Labute approximate surface area is 245 Å². The highest BCUT2D eigenvalue weighted by molar-refractivity contribution is 5.96. The molecular formula is C31H30F3N5O4. The summed E-state index contributed by atoms with van der Waals surface area (Å²) in [6.45, 7) is 1.96. The Kier molecular flexibility index (Phi) is 10.8. The van der Waals surface area contributed by atoms with Crippen molar-refractivity contribution in [1.82, 2.24) is 15.6 Å². The molecule has 1 heterocycles. The number of halogens is 3. The van der Waals surface area contributed by atoms with E-state index in [-0.39, 0.29) is 17.6 Å². The quantitative estimate of drug-likeness (QED) is 0.123. The molecule has 43 heavy (non-hydrogen) atoms. The highest BCUT2D eigenvalue weighted by Gasteiger charge is 2.38. The van der Waals surface area contributed by atoms with E-state index in [1.807, 2.05) is 30.5 Å². The summed E-state index contributed by atoms with van der Waals surface area (Å²) < 4.78 is 31.7. The molecule has 3 aromatic carbocycles. The summed E-state index contributed by atoms with van der Waals surface area (Å²) in [5.41, 5.74) is 11.8. The molecule has 1 aromatic heterocycles.